The molecule has 1 fully saturated rings. The van der Waals surface area contributed by atoms with E-state index in [-0.39, 0.29) is 11.9 Å². The smallest absolute Gasteiger partial charge is 0.105 e. The molecule has 0 atom stereocenters. The Bertz CT molecular complexity index is 166. The van der Waals surface area contributed by atoms with Crippen LogP contribution in [0.1, 0.15) is 12.8 Å². The molecule has 0 amide bonds. The molecule has 0 aromatic heterocycles. The summed E-state index contributed by atoms with van der Waals surface area (Å²) in [6.07, 6.45) is 1.73. The zero-order valence-corrected chi connectivity index (χ0v) is 7.45. The SMILES string of the molecule is CN(CC(=N)N)CC1CC(O)C1. The minimum absolute atomic E-state index is 0.0827. The Morgan fingerprint density at radius 2 is 2.25 bits per heavy atom. The Kier molecular flexibility index (Phi) is 3.05. The summed E-state index contributed by atoms with van der Waals surface area (Å²) in [6, 6.07) is 0. The minimum Gasteiger partial charge on any atom is -0.393 e. The van der Waals surface area contributed by atoms with Crippen molar-refractivity contribution in [3.8, 4) is 0 Å². The summed E-state index contributed by atoms with van der Waals surface area (Å²) in [5.41, 5.74) is 5.25. The number of amidine groups is 1. The predicted octanol–water partition coefficient (Wildman–Crippen LogP) is -0.375. The van der Waals surface area contributed by atoms with Crippen LogP contribution in [0.4, 0.5) is 0 Å². The molecule has 4 heteroatoms. The van der Waals surface area contributed by atoms with Crippen LogP contribution >= 0.6 is 0 Å². The summed E-state index contributed by atoms with van der Waals surface area (Å²) < 4.78 is 0. The summed E-state index contributed by atoms with van der Waals surface area (Å²) in [5.74, 6) is 0.807. The highest BCUT2D eigenvalue weighted by molar-refractivity contribution is 5.78. The van der Waals surface area contributed by atoms with Crippen molar-refractivity contribution < 1.29 is 5.11 Å². The molecule has 70 valence electrons. The van der Waals surface area contributed by atoms with Gasteiger partial charge in [0.2, 0.25) is 0 Å². The van der Waals surface area contributed by atoms with E-state index in [9.17, 15) is 0 Å². The van der Waals surface area contributed by atoms with Crippen LogP contribution in [0, 0.1) is 11.3 Å². The molecule has 0 unspecified atom stereocenters. The fourth-order valence-corrected chi connectivity index (χ4v) is 1.65. The van der Waals surface area contributed by atoms with Gasteiger partial charge in [0.25, 0.3) is 0 Å². The Labute approximate surface area is 72.9 Å². The van der Waals surface area contributed by atoms with Crippen LogP contribution in [0.3, 0.4) is 0 Å². The van der Waals surface area contributed by atoms with Gasteiger partial charge in [-0.05, 0) is 25.8 Å². The Balaban J connectivity index is 2.10. The van der Waals surface area contributed by atoms with Crippen LogP contribution in [0.2, 0.25) is 0 Å². The van der Waals surface area contributed by atoms with E-state index in [4.69, 9.17) is 16.2 Å². The zero-order chi connectivity index (χ0) is 9.14. The summed E-state index contributed by atoms with van der Waals surface area (Å²) in [4.78, 5) is 2.03. The van der Waals surface area contributed by atoms with Gasteiger partial charge < -0.3 is 10.8 Å². The summed E-state index contributed by atoms with van der Waals surface area (Å²) >= 11 is 0. The molecule has 1 aliphatic rings. The maximum atomic E-state index is 9.03. The van der Waals surface area contributed by atoms with E-state index in [1.807, 2.05) is 11.9 Å². The van der Waals surface area contributed by atoms with Gasteiger partial charge in [-0.1, -0.05) is 0 Å². The monoisotopic (exact) mass is 171 g/mol. The van der Waals surface area contributed by atoms with Crippen molar-refractivity contribution in [2.75, 3.05) is 20.1 Å². The Morgan fingerprint density at radius 3 is 2.67 bits per heavy atom. The van der Waals surface area contributed by atoms with Crippen LogP contribution in [0.25, 0.3) is 0 Å². The number of aliphatic hydroxyl groups is 1. The van der Waals surface area contributed by atoms with Gasteiger partial charge in [0.05, 0.1) is 12.6 Å². The molecule has 4 N–H and O–H groups in total. The first-order valence-electron chi connectivity index (χ1n) is 4.27. The van der Waals surface area contributed by atoms with Crippen LogP contribution in [0.5, 0.6) is 0 Å². The van der Waals surface area contributed by atoms with Crippen molar-refractivity contribution in [1.29, 1.82) is 5.41 Å². The molecule has 1 rings (SSSR count). The average Bonchev–Trinajstić information content (AvgIpc) is 1.82. The van der Waals surface area contributed by atoms with E-state index >= 15 is 0 Å². The lowest BCUT2D eigenvalue weighted by molar-refractivity contribution is 0.0303. The van der Waals surface area contributed by atoms with Crippen molar-refractivity contribution in [1.82, 2.24) is 4.90 Å². The second kappa shape index (κ2) is 3.87. The normalized spacial score (nSPS) is 28.6. The molecule has 0 aliphatic heterocycles. The lowest BCUT2D eigenvalue weighted by atomic mass is 9.82. The maximum Gasteiger partial charge on any atom is 0.105 e. The highest BCUT2D eigenvalue weighted by atomic mass is 16.3. The van der Waals surface area contributed by atoms with Crippen LogP contribution < -0.4 is 5.73 Å². The molecule has 1 aliphatic carbocycles. The van der Waals surface area contributed by atoms with E-state index < -0.39 is 0 Å². The van der Waals surface area contributed by atoms with Gasteiger partial charge in [-0.3, -0.25) is 10.3 Å². The molecule has 0 radical (unpaired) electrons. The van der Waals surface area contributed by atoms with Gasteiger partial charge in [0.15, 0.2) is 0 Å². The van der Waals surface area contributed by atoms with Crippen LogP contribution in [0.15, 0.2) is 0 Å². The Hall–Kier alpha value is -0.610. The van der Waals surface area contributed by atoms with E-state index in [2.05, 4.69) is 0 Å². The van der Waals surface area contributed by atoms with Gasteiger partial charge >= 0.3 is 0 Å². The number of likely N-dealkylation sites (N-methyl/N-ethyl adjacent to an activating group) is 1. The fourth-order valence-electron chi connectivity index (χ4n) is 1.65. The fraction of sp³-hybridized carbons (Fsp3) is 0.875. The third kappa shape index (κ3) is 2.79. The Morgan fingerprint density at radius 1 is 1.67 bits per heavy atom. The van der Waals surface area contributed by atoms with Gasteiger partial charge in [0.1, 0.15) is 5.84 Å². The van der Waals surface area contributed by atoms with E-state index in [1.165, 1.54) is 0 Å². The first kappa shape index (κ1) is 9.48. The molecule has 4 nitrogen and oxygen atoms in total. The van der Waals surface area contributed by atoms with E-state index in [0.29, 0.717) is 12.5 Å². The number of rotatable bonds is 4. The number of nitrogens with one attached hydrogen (secondary N) is 1. The summed E-state index contributed by atoms with van der Waals surface area (Å²) in [7, 11) is 1.95. The van der Waals surface area contributed by atoms with Crippen molar-refractivity contribution in [2.45, 2.75) is 18.9 Å². The molecule has 0 aromatic rings. The number of hydrogen-bond acceptors (Lipinski definition) is 3. The standard InChI is InChI=1S/C8H17N3O/c1-11(5-8(9)10)4-6-2-7(12)3-6/h6-7,12H,2-5H2,1H3,(H3,9,10). The number of hydrogen-bond donors (Lipinski definition) is 3. The number of nitrogens with two attached hydrogens (primary N) is 1. The molecule has 1 saturated carbocycles. The molecule has 0 saturated heterocycles. The topological polar surface area (TPSA) is 73.3 Å². The van der Waals surface area contributed by atoms with Gasteiger partial charge in [0, 0.05) is 6.54 Å². The second-order valence-electron chi connectivity index (χ2n) is 3.71. The molecule has 0 bridgehead atoms. The van der Waals surface area contributed by atoms with Crippen molar-refractivity contribution in [2.24, 2.45) is 11.7 Å². The third-order valence-electron chi connectivity index (χ3n) is 2.22. The van der Waals surface area contributed by atoms with Crippen molar-refractivity contribution in [3.05, 3.63) is 0 Å². The van der Waals surface area contributed by atoms with Crippen LogP contribution in [-0.4, -0.2) is 42.1 Å². The van der Waals surface area contributed by atoms with Crippen molar-refractivity contribution >= 4 is 5.84 Å². The summed E-state index contributed by atoms with van der Waals surface area (Å²) in [6.45, 7) is 1.48. The minimum atomic E-state index is -0.0827. The largest absolute Gasteiger partial charge is 0.393 e. The molecule has 0 aromatic carbocycles. The highest BCUT2D eigenvalue weighted by Crippen LogP contribution is 2.27. The number of aliphatic hydroxyl groups excluding tert-OH is 1. The zero-order valence-electron chi connectivity index (χ0n) is 7.45. The quantitative estimate of drug-likeness (QED) is 0.399. The lowest BCUT2D eigenvalue weighted by Crippen LogP contribution is -2.40. The first-order chi connectivity index (χ1) is 5.58. The number of nitrogens with zero attached hydrogens (tertiary/aromatic N) is 1. The lowest BCUT2D eigenvalue weighted by Gasteiger charge is -2.34. The van der Waals surface area contributed by atoms with Crippen molar-refractivity contribution in [3.63, 3.8) is 0 Å². The summed E-state index contributed by atoms with van der Waals surface area (Å²) in [5, 5.41) is 16.1. The average molecular weight is 171 g/mol. The second-order valence-corrected chi connectivity index (χ2v) is 3.71. The third-order valence-corrected chi connectivity index (χ3v) is 2.22. The van der Waals surface area contributed by atoms with Gasteiger partial charge in [-0.2, -0.15) is 0 Å². The molecule has 0 heterocycles. The first-order valence-corrected chi connectivity index (χ1v) is 4.27. The molecular weight excluding hydrogens is 154 g/mol. The molecule has 12 heavy (non-hydrogen) atoms. The van der Waals surface area contributed by atoms with Crippen LogP contribution in [-0.2, 0) is 0 Å². The van der Waals surface area contributed by atoms with E-state index in [0.717, 1.165) is 19.4 Å². The molecule has 0 spiro atoms. The van der Waals surface area contributed by atoms with Gasteiger partial charge in [-0.25, -0.2) is 0 Å². The highest BCUT2D eigenvalue weighted by Gasteiger charge is 2.27. The van der Waals surface area contributed by atoms with E-state index in [1.54, 1.807) is 0 Å². The van der Waals surface area contributed by atoms with Gasteiger partial charge in [-0.15, -0.1) is 0 Å². The predicted molar refractivity (Wildman–Crippen MR) is 48.1 cm³/mol. The molecular formula is C8H17N3O. The maximum absolute atomic E-state index is 9.03.